The first-order valence-corrected chi connectivity index (χ1v) is 6.91. The van der Waals surface area contributed by atoms with E-state index >= 15 is 0 Å². The highest BCUT2D eigenvalue weighted by Gasteiger charge is 1.92. The molecule has 0 radical (unpaired) electrons. The minimum atomic E-state index is 0.325. The van der Waals surface area contributed by atoms with Crippen molar-refractivity contribution in [3.05, 3.63) is 12.2 Å². The van der Waals surface area contributed by atoms with Crippen LogP contribution in [0.1, 0.15) is 78.1 Å². The topological polar surface area (TPSA) is 17.1 Å². The van der Waals surface area contributed by atoms with Gasteiger partial charge in [0.25, 0.3) is 0 Å². The van der Waals surface area contributed by atoms with Crippen molar-refractivity contribution in [3.8, 4) is 0 Å². The van der Waals surface area contributed by atoms with Gasteiger partial charge in [0, 0.05) is 6.42 Å². The van der Waals surface area contributed by atoms with Gasteiger partial charge in [-0.1, -0.05) is 44.8 Å². The second-order valence-electron chi connectivity index (χ2n) is 4.62. The number of Topliss-reactive ketones (excluding diaryl/α,β-unsaturated/α-hetero) is 1. The third kappa shape index (κ3) is 13.4. The third-order valence-electron chi connectivity index (χ3n) is 2.79. The molecule has 0 aromatic carbocycles. The van der Waals surface area contributed by atoms with Crippen LogP contribution in [0.15, 0.2) is 12.2 Å². The monoisotopic (exact) mass is 224 g/mol. The Morgan fingerprint density at radius 3 is 1.94 bits per heavy atom. The second kappa shape index (κ2) is 12.5. The number of unbranched alkanes of at least 4 members (excludes halogenated alkanes) is 7. The second-order valence-corrected chi connectivity index (χ2v) is 4.62. The number of rotatable bonds is 11. The first kappa shape index (κ1) is 15.4. The molecule has 1 nitrogen and oxygen atoms in total. The van der Waals surface area contributed by atoms with Crippen molar-refractivity contribution in [3.63, 3.8) is 0 Å². The molecule has 1 heteroatoms. The molecule has 0 fully saturated rings. The van der Waals surface area contributed by atoms with E-state index in [0.717, 1.165) is 12.8 Å². The predicted octanol–water partition coefficient (Wildman–Crippen LogP) is 5.05. The van der Waals surface area contributed by atoms with Crippen molar-refractivity contribution in [1.29, 1.82) is 0 Å². The van der Waals surface area contributed by atoms with E-state index in [9.17, 15) is 4.79 Å². The number of allylic oxidation sites excluding steroid dienone is 2. The Morgan fingerprint density at radius 2 is 1.44 bits per heavy atom. The summed E-state index contributed by atoms with van der Waals surface area (Å²) in [5, 5.41) is 0. The molecule has 16 heavy (non-hydrogen) atoms. The van der Waals surface area contributed by atoms with Crippen molar-refractivity contribution in [2.45, 2.75) is 78.1 Å². The van der Waals surface area contributed by atoms with E-state index in [0.29, 0.717) is 5.78 Å². The molecule has 94 valence electrons. The minimum absolute atomic E-state index is 0.325. The quantitative estimate of drug-likeness (QED) is 0.354. The zero-order valence-electron chi connectivity index (χ0n) is 11.1. The minimum Gasteiger partial charge on any atom is -0.300 e. The third-order valence-corrected chi connectivity index (χ3v) is 2.79. The lowest BCUT2D eigenvalue weighted by Crippen LogP contribution is -1.88. The van der Waals surface area contributed by atoms with E-state index in [-0.39, 0.29) is 0 Å². The Labute approximate surface area is 101 Å². The predicted molar refractivity (Wildman–Crippen MR) is 71.7 cm³/mol. The molecule has 0 N–H and O–H groups in total. The smallest absolute Gasteiger partial charge is 0.129 e. The van der Waals surface area contributed by atoms with E-state index in [4.69, 9.17) is 0 Å². The lowest BCUT2D eigenvalue weighted by atomic mass is 10.1. The summed E-state index contributed by atoms with van der Waals surface area (Å²) >= 11 is 0. The van der Waals surface area contributed by atoms with Crippen LogP contribution in [0.2, 0.25) is 0 Å². The van der Waals surface area contributed by atoms with Gasteiger partial charge in [-0.05, 0) is 39.0 Å². The summed E-state index contributed by atoms with van der Waals surface area (Å²) in [6, 6.07) is 0. The Bertz CT molecular complexity index is 182. The van der Waals surface area contributed by atoms with Crippen LogP contribution in [0.4, 0.5) is 0 Å². The SMILES string of the molecule is CCCCCC/C=C\CCCCCC(C)=O. The average molecular weight is 224 g/mol. The maximum absolute atomic E-state index is 10.7. The highest BCUT2D eigenvalue weighted by atomic mass is 16.1. The van der Waals surface area contributed by atoms with Crippen LogP contribution in [-0.2, 0) is 4.79 Å². The lowest BCUT2D eigenvalue weighted by molar-refractivity contribution is -0.117. The molecule has 0 aromatic heterocycles. The summed E-state index contributed by atoms with van der Waals surface area (Å²) < 4.78 is 0. The highest BCUT2D eigenvalue weighted by molar-refractivity contribution is 5.75. The van der Waals surface area contributed by atoms with Crippen LogP contribution in [0.5, 0.6) is 0 Å². The molecular formula is C15H28O. The van der Waals surface area contributed by atoms with E-state index in [1.54, 1.807) is 6.92 Å². The lowest BCUT2D eigenvalue weighted by Gasteiger charge is -1.96. The van der Waals surface area contributed by atoms with E-state index < -0.39 is 0 Å². The standard InChI is InChI=1S/C15H28O/c1-3-4-5-6-7-8-9-10-11-12-13-14-15(2)16/h8-9H,3-7,10-14H2,1-2H3/b9-8-. The molecular weight excluding hydrogens is 196 g/mol. The van der Waals surface area contributed by atoms with Gasteiger partial charge in [-0.2, -0.15) is 0 Å². The number of carbonyl (C=O) groups excluding carboxylic acids is 1. The van der Waals surface area contributed by atoms with Crippen LogP contribution in [0.25, 0.3) is 0 Å². The van der Waals surface area contributed by atoms with Gasteiger partial charge in [-0.25, -0.2) is 0 Å². The molecule has 0 spiro atoms. The summed E-state index contributed by atoms with van der Waals surface area (Å²) in [6.07, 6.45) is 16.7. The van der Waals surface area contributed by atoms with Gasteiger partial charge >= 0.3 is 0 Å². The Hall–Kier alpha value is -0.590. The average Bonchev–Trinajstić information content (AvgIpc) is 2.25. The molecule has 0 rings (SSSR count). The van der Waals surface area contributed by atoms with Gasteiger partial charge in [-0.15, -0.1) is 0 Å². The normalized spacial score (nSPS) is 11.1. The van der Waals surface area contributed by atoms with Crippen LogP contribution in [0, 0.1) is 0 Å². The number of carbonyl (C=O) groups is 1. The first-order valence-electron chi connectivity index (χ1n) is 6.91. The van der Waals surface area contributed by atoms with E-state index in [1.807, 2.05) is 0 Å². The molecule has 0 aliphatic heterocycles. The zero-order valence-corrected chi connectivity index (χ0v) is 11.1. The fraction of sp³-hybridized carbons (Fsp3) is 0.800. The number of hydrogen-bond acceptors (Lipinski definition) is 1. The van der Waals surface area contributed by atoms with Gasteiger partial charge in [0.1, 0.15) is 5.78 Å². The molecule has 0 bridgehead atoms. The fourth-order valence-electron chi connectivity index (χ4n) is 1.74. The largest absolute Gasteiger partial charge is 0.300 e. The Morgan fingerprint density at radius 1 is 0.875 bits per heavy atom. The van der Waals surface area contributed by atoms with Crippen molar-refractivity contribution in [2.24, 2.45) is 0 Å². The summed E-state index contributed by atoms with van der Waals surface area (Å²) in [6.45, 7) is 3.92. The maximum atomic E-state index is 10.7. The number of ketones is 1. The van der Waals surface area contributed by atoms with Crippen LogP contribution in [-0.4, -0.2) is 5.78 Å². The summed E-state index contributed by atoms with van der Waals surface area (Å²) in [5.74, 6) is 0.325. The molecule has 0 aromatic rings. The van der Waals surface area contributed by atoms with Gasteiger partial charge in [-0.3, -0.25) is 0 Å². The van der Waals surface area contributed by atoms with Crippen LogP contribution in [0.3, 0.4) is 0 Å². The molecule has 0 atom stereocenters. The van der Waals surface area contributed by atoms with Gasteiger partial charge in [0.15, 0.2) is 0 Å². The molecule has 0 unspecified atom stereocenters. The molecule has 0 aliphatic rings. The molecule has 0 saturated heterocycles. The van der Waals surface area contributed by atoms with Gasteiger partial charge in [0.2, 0.25) is 0 Å². The molecule has 0 saturated carbocycles. The van der Waals surface area contributed by atoms with Crippen LogP contribution < -0.4 is 0 Å². The van der Waals surface area contributed by atoms with E-state index in [1.165, 1.54) is 51.4 Å². The maximum Gasteiger partial charge on any atom is 0.129 e. The highest BCUT2D eigenvalue weighted by Crippen LogP contribution is 2.06. The number of hydrogen-bond donors (Lipinski definition) is 0. The van der Waals surface area contributed by atoms with Gasteiger partial charge < -0.3 is 4.79 Å². The van der Waals surface area contributed by atoms with Crippen molar-refractivity contribution < 1.29 is 4.79 Å². The fourth-order valence-corrected chi connectivity index (χ4v) is 1.74. The van der Waals surface area contributed by atoms with E-state index in [2.05, 4.69) is 19.1 Å². The Balaban J connectivity index is 3.06. The van der Waals surface area contributed by atoms with Gasteiger partial charge in [0.05, 0.1) is 0 Å². The first-order chi connectivity index (χ1) is 7.77. The van der Waals surface area contributed by atoms with Crippen molar-refractivity contribution in [1.82, 2.24) is 0 Å². The molecule has 0 aliphatic carbocycles. The molecule has 0 amide bonds. The van der Waals surface area contributed by atoms with Crippen LogP contribution >= 0.6 is 0 Å². The Kier molecular flexibility index (Phi) is 12.0. The summed E-state index contributed by atoms with van der Waals surface area (Å²) in [7, 11) is 0. The van der Waals surface area contributed by atoms with Crippen molar-refractivity contribution >= 4 is 5.78 Å². The zero-order chi connectivity index (χ0) is 12.1. The summed E-state index contributed by atoms with van der Waals surface area (Å²) in [5.41, 5.74) is 0. The van der Waals surface area contributed by atoms with Crippen molar-refractivity contribution in [2.75, 3.05) is 0 Å². The molecule has 0 heterocycles. The summed E-state index contributed by atoms with van der Waals surface area (Å²) in [4.78, 5) is 10.7.